The van der Waals surface area contributed by atoms with Crippen LogP contribution in [0.15, 0.2) is 72.3 Å². The van der Waals surface area contributed by atoms with Gasteiger partial charge < -0.3 is 10.2 Å². The van der Waals surface area contributed by atoms with E-state index in [9.17, 15) is 9.59 Å². The predicted molar refractivity (Wildman–Crippen MR) is 125 cm³/mol. The third-order valence-electron chi connectivity index (χ3n) is 5.90. The van der Waals surface area contributed by atoms with Crippen molar-refractivity contribution in [1.29, 1.82) is 0 Å². The van der Waals surface area contributed by atoms with E-state index in [2.05, 4.69) is 11.4 Å². The zero-order valence-corrected chi connectivity index (χ0v) is 18.6. The molecule has 1 aliphatic carbocycles. The van der Waals surface area contributed by atoms with Gasteiger partial charge in [-0.1, -0.05) is 79.2 Å². The SMILES string of the molecule is CCC(=O)N(Cc1ccccc1)[C@H](Cc1ccccc1)C(=O)NCCC1=CCCCC1. The fourth-order valence-corrected chi connectivity index (χ4v) is 4.13. The van der Waals surface area contributed by atoms with Gasteiger partial charge in [0.05, 0.1) is 0 Å². The highest BCUT2D eigenvalue weighted by atomic mass is 16.2. The van der Waals surface area contributed by atoms with E-state index in [1.54, 1.807) is 4.90 Å². The molecule has 2 amide bonds. The maximum atomic E-state index is 13.3. The van der Waals surface area contributed by atoms with E-state index >= 15 is 0 Å². The van der Waals surface area contributed by atoms with Gasteiger partial charge in [-0.05, 0) is 43.2 Å². The third-order valence-corrected chi connectivity index (χ3v) is 5.90. The van der Waals surface area contributed by atoms with Gasteiger partial charge in [0, 0.05) is 25.9 Å². The van der Waals surface area contributed by atoms with Crippen molar-refractivity contribution in [3.05, 3.63) is 83.4 Å². The fourth-order valence-electron chi connectivity index (χ4n) is 4.13. The first-order valence-corrected chi connectivity index (χ1v) is 11.5. The summed E-state index contributed by atoms with van der Waals surface area (Å²) in [6, 6.07) is 19.3. The Morgan fingerprint density at radius 2 is 1.65 bits per heavy atom. The molecule has 0 fully saturated rings. The number of hydrogen-bond acceptors (Lipinski definition) is 2. The number of rotatable bonds is 10. The van der Waals surface area contributed by atoms with Crippen LogP contribution in [0.25, 0.3) is 0 Å². The largest absolute Gasteiger partial charge is 0.354 e. The van der Waals surface area contributed by atoms with Crippen LogP contribution in [0.2, 0.25) is 0 Å². The topological polar surface area (TPSA) is 49.4 Å². The first-order chi connectivity index (χ1) is 15.2. The van der Waals surface area contributed by atoms with Crippen molar-refractivity contribution in [1.82, 2.24) is 10.2 Å². The minimum Gasteiger partial charge on any atom is -0.354 e. The zero-order chi connectivity index (χ0) is 21.9. The number of benzene rings is 2. The van der Waals surface area contributed by atoms with E-state index < -0.39 is 6.04 Å². The summed E-state index contributed by atoms with van der Waals surface area (Å²) in [7, 11) is 0. The Bertz CT molecular complexity index is 861. The van der Waals surface area contributed by atoms with E-state index in [0.29, 0.717) is 25.9 Å². The number of carbonyl (C=O) groups excluding carboxylic acids is 2. The van der Waals surface area contributed by atoms with Crippen LogP contribution in [0.5, 0.6) is 0 Å². The van der Waals surface area contributed by atoms with Crippen molar-refractivity contribution in [2.45, 2.75) is 64.5 Å². The highest BCUT2D eigenvalue weighted by Crippen LogP contribution is 2.20. The van der Waals surface area contributed by atoms with Gasteiger partial charge in [0.1, 0.15) is 6.04 Å². The second-order valence-corrected chi connectivity index (χ2v) is 8.22. The number of allylic oxidation sites excluding steroid dienone is 1. The van der Waals surface area contributed by atoms with Crippen LogP contribution in [-0.2, 0) is 22.6 Å². The van der Waals surface area contributed by atoms with Crippen molar-refractivity contribution in [2.75, 3.05) is 6.54 Å². The lowest BCUT2D eigenvalue weighted by molar-refractivity contribution is -0.141. The predicted octanol–water partition coefficient (Wildman–Crippen LogP) is 5.04. The molecule has 1 atom stereocenters. The summed E-state index contributed by atoms with van der Waals surface area (Å²) >= 11 is 0. The molecule has 1 aliphatic rings. The van der Waals surface area contributed by atoms with E-state index in [4.69, 9.17) is 0 Å². The molecule has 0 saturated carbocycles. The fraction of sp³-hybridized carbons (Fsp3) is 0.407. The molecule has 1 N–H and O–H groups in total. The number of nitrogens with one attached hydrogen (secondary N) is 1. The van der Waals surface area contributed by atoms with Crippen molar-refractivity contribution < 1.29 is 9.59 Å². The minimum absolute atomic E-state index is 0.00470. The van der Waals surface area contributed by atoms with Crippen molar-refractivity contribution in [3.63, 3.8) is 0 Å². The van der Waals surface area contributed by atoms with Gasteiger partial charge in [-0.3, -0.25) is 9.59 Å². The third kappa shape index (κ3) is 7.09. The Hall–Kier alpha value is -2.88. The summed E-state index contributed by atoms with van der Waals surface area (Å²) in [6.07, 6.45) is 8.89. The van der Waals surface area contributed by atoms with Crippen molar-refractivity contribution >= 4 is 11.8 Å². The van der Waals surface area contributed by atoms with Gasteiger partial charge in [0.25, 0.3) is 0 Å². The zero-order valence-electron chi connectivity index (χ0n) is 18.6. The molecule has 0 unspecified atom stereocenters. The normalized spacial score (nSPS) is 14.4. The maximum absolute atomic E-state index is 13.3. The van der Waals surface area contributed by atoms with Crippen molar-refractivity contribution in [3.8, 4) is 0 Å². The molecule has 4 nitrogen and oxygen atoms in total. The molecule has 0 radical (unpaired) electrons. The lowest BCUT2D eigenvalue weighted by Crippen LogP contribution is -2.50. The second kappa shape index (κ2) is 12.1. The molecule has 164 valence electrons. The summed E-state index contributed by atoms with van der Waals surface area (Å²) < 4.78 is 0. The average molecular weight is 419 g/mol. The molecule has 4 heteroatoms. The smallest absolute Gasteiger partial charge is 0.243 e. The van der Waals surface area contributed by atoms with Crippen LogP contribution in [0, 0.1) is 0 Å². The molecular formula is C27H34N2O2. The highest BCUT2D eigenvalue weighted by Gasteiger charge is 2.29. The maximum Gasteiger partial charge on any atom is 0.243 e. The Morgan fingerprint density at radius 3 is 2.26 bits per heavy atom. The summed E-state index contributed by atoms with van der Waals surface area (Å²) in [6.45, 7) is 2.91. The number of carbonyl (C=O) groups is 2. The van der Waals surface area contributed by atoms with Crippen LogP contribution in [0.1, 0.15) is 56.6 Å². The molecule has 31 heavy (non-hydrogen) atoms. The van der Waals surface area contributed by atoms with Crippen LogP contribution in [-0.4, -0.2) is 29.3 Å². The van der Waals surface area contributed by atoms with E-state index in [1.807, 2.05) is 67.6 Å². The average Bonchev–Trinajstić information content (AvgIpc) is 2.82. The van der Waals surface area contributed by atoms with Gasteiger partial charge in [-0.2, -0.15) is 0 Å². The summed E-state index contributed by atoms with van der Waals surface area (Å²) in [4.78, 5) is 28.0. The Morgan fingerprint density at radius 1 is 0.968 bits per heavy atom. The highest BCUT2D eigenvalue weighted by molar-refractivity contribution is 5.87. The molecule has 2 aromatic rings. The molecule has 0 heterocycles. The quantitative estimate of drug-likeness (QED) is 0.549. The van der Waals surface area contributed by atoms with E-state index in [-0.39, 0.29) is 11.8 Å². The van der Waals surface area contributed by atoms with Crippen LogP contribution in [0.4, 0.5) is 0 Å². The van der Waals surface area contributed by atoms with E-state index in [1.165, 1.54) is 18.4 Å². The first-order valence-electron chi connectivity index (χ1n) is 11.5. The van der Waals surface area contributed by atoms with Gasteiger partial charge in [0.2, 0.25) is 11.8 Å². The summed E-state index contributed by atoms with van der Waals surface area (Å²) in [5, 5.41) is 3.12. The monoisotopic (exact) mass is 418 g/mol. The lowest BCUT2D eigenvalue weighted by Gasteiger charge is -2.31. The number of hydrogen-bond donors (Lipinski definition) is 1. The Kier molecular flexibility index (Phi) is 8.89. The second-order valence-electron chi connectivity index (χ2n) is 8.22. The van der Waals surface area contributed by atoms with Crippen LogP contribution in [0.3, 0.4) is 0 Å². The molecule has 0 aliphatic heterocycles. The molecule has 0 bridgehead atoms. The lowest BCUT2D eigenvalue weighted by atomic mass is 9.97. The first kappa shape index (κ1) is 22.8. The standard InChI is InChI=1S/C27H34N2O2/c1-2-26(30)29(21-24-16-10-5-11-17-24)25(20-23-14-8-4-9-15-23)27(31)28-19-18-22-12-6-3-7-13-22/h4-5,8-12,14-17,25H,2-3,6-7,13,18-21H2,1H3,(H,28,31)/t25-/m1/s1. The molecule has 3 rings (SSSR count). The molecule has 0 spiro atoms. The molecule has 0 saturated heterocycles. The summed E-state index contributed by atoms with van der Waals surface area (Å²) in [5.74, 6) is -0.0760. The number of amides is 2. The van der Waals surface area contributed by atoms with Crippen LogP contribution >= 0.6 is 0 Å². The van der Waals surface area contributed by atoms with Crippen LogP contribution < -0.4 is 5.32 Å². The Labute approximate surface area is 186 Å². The summed E-state index contributed by atoms with van der Waals surface area (Å²) in [5.41, 5.74) is 3.53. The van der Waals surface area contributed by atoms with Gasteiger partial charge in [-0.15, -0.1) is 0 Å². The van der Waals surface area contributed by atoms with Gasteiger partial charge in [0.15, 0.2) is 0 Å². The molecular weight excluding hydrogens is 384 g/mol. The Balaban J connectivity index is 1.75. The number of nitrogens with zero attached hydrogens (tertiary/aromatic N) is 1. The minimum atomic E-state index is -0.532. The van der Waals surface area contributed by atoms with Crippen molar-refractivity contribution in [2.24, 2.45) is 0 Å². The molecule has 2 aromatic carbocycles. The van der Waals surface area contributed by atoms with Gasteiger partial charge in [-0.25, -0.2) is 0 Å². The van der Waals surface area contributed by atoms with E-state index in [0.717, 1.165) is 30.4 Å². The molecule has 0 aromatic heterocycles. The van der Waals surface area contributed by atoms with Gasteiger partial charge >= 0.3 is 0 Å².